The molecular formula is C7H8IZn-. The molecule has 0 fully saturated rings. The van der Waals surface area contributed by atoms with Crippen LogP contribution in [0.5, 0.6) is 0 Å². The van der Waals surface area contributed by atoms with Crippen LogP contribution in [0.2, 0.25) is 0 Å². The molecule has 0 aliphatic heterocycles. The van der Waals surface area contributed by atoms with Gasteiger partial charge in [0, 0.05) is 19.5 Å². The molecule has 0 saturated carbocycles. The fourth-order valence-electron chi connectivity index (χ4n) is 0.483. The standard InChI is InChI=1S/C7H7.HI.Zn/c1-7-5-3-2-4-6-7;;/h2-5H,1H3;1H;/q-1;;. The summed E-state index contributed by atoms with van der Waals surface area (Å²) in [6.45, 7) is 2.03. The third-order valence-electron chi connectivity index (χ3n) is 0.865. The number of rotatable bonds is 0. The van der Waals surface area contributed by atoms with E-state index in [0.29, 0.717) is 0 Å². The van der Waals surface area contributed by atoms with Crippen molar-refractivity contribution in [2.75, 3.05) is 0 Å². The summed E-state index contributed by atoms with van der Waals surface area (Å²) in [6.07, 6.45) is 0. The summed E-state index contributed by atoms with van der Waals surface area (Å²) in [5.41, 5.74) is 1.20. The van der Waals surface area contributed by atoms with E-state index < -0.39 is 0 Å². The van der Waals surface area contributed by atoms with Gasteiger partial charge in [0.25, 0.3) is 0 Å². The van der Waals surface area contributed by atoms with E-state index in [4.69, 9.17) is 0 Å². The molecule has 0 bridgehead atoms. The molecule has 1 aromatic carbocycles. The molecule has 0 atom stereocenters. The van der Waals surface area contributed by atoms with Crippen LogP contribution in [0.15, 0.2) is 24.3 Å². The largest absolute Gasteiger partial charge is 0.181 e. The van der Waals surface area contributed by atoms with Crippen LogP contribution in [0.25, 0.3) is 0 Å². The van der Waals surface area contributed by atoms with E-state index >= 15 is 0 Å². The molecule has 0 saturated heterocycles. The molecule has 0 N–H and O–H groups in total. The Balaban J connectivity index is 0. The Hall–Kier alpha value is 0.573. The molecule has 0 aliphatic rings. The smallest absolute Gasteiger partial charge is 0 e. The van der Waals surface area contributed by atoms with E-state index in [1.54, 1.807) is 0 Å². The zero-order chi connectivity index (χ0) is 5.11. The first kappa shape index (κ1) is 12.3. The average molecular weight is 284 g/mol. The molecule has 0 aliphatic carbocycles. The van der Waals surface area contributed by atoms with Gasteiger partial charge in [0.05, 0.1) is 0 Å². The molecule has 1 rings (SSSR count). The van der Waals surface area contributed by atoms with Gasteiger partial charge in [0.1, 0.15) is 0 Å². The van der Waals surface area contributed by atoms with Crippen molar-refractivity contribution in [3.05, 3.63) is 35.9 Å². The number of benzene rings is 1. The van der Waals surface area contributed by atoms with Crippen molar-refractivity contribution in [2.24, 2.45) is 0 Å². The second-order valence-corrected chi connectivity index (χ2v) is 1.55. The maximum Gasteiger partial charge on any atom is 0 e. The topological polar surface area (TPSA) is 0 Å². The van der Waals surface area contributed by atoms with Crippen LogP contribution in [0.3, 0.4) is 0 Å². The summed E-state index contributed by atoms with van der Waals surface area (Å²) in [6, 6.07) is 10.9. The van der Waals surface area contributed by atoms with Gasteiger partial charge in [-0.15, -0.1) is 24.0 Å². The molecule has 0 radical (unpaired) electrons. The van der Waals surface area contributed by atoms with Gasteiger partial charge in [-0.2, -0.15) is 35.9 Å². The number of halogens is 1. The van der Waals surface area contributed by atoms with Gasteiger partial charge in [0.2, 0.25) is 0 Å². The first-order valence-corrected chi connectivity index (χ1v) is 2.33. The predicted octanol–water partition coefficient (Wildman–Crippen LogP) is 2.41. The van der Waals surface area contributed by atoms with Crippen molar-refractivity contribution in [2.45, 2.75) is 6.92 Å². The van der Waals surface area contributed by atoms with Crippen molar-refractivity contribution >= 4 is 24.0 Å². The van der Waals surface area contributed by atoms with E-state index in [1.807, 2.05) is 31.2 Å². The molecule has 2 heteroatoms. The monoisotopic (exact) mass is 283 g/mol. The predicted molar refractivity (Wildman–Crippen MR) is 45.4 cm³/mol. The van der Waals surface area contributed by atoms with E-state index in [-0.39, 0.29) is 43.5 Å². The van der Waals surface area contributed by atoms with Crippen LogP contribution < -0.4 is 0 Å². The van der Waals surface area contributed by atoms with E-state index in [9.17, 15) is 0 Å². The van der Waals surface area contributed by atoms with Crippen LogP contribution in [0, 0.1) is 13.0 Å². The second kappa shape index (κ2) is 6.69. The minimum Gasteiger partial charge on any atom is -0.181 e. The first-order chi connectivity index (χ1) is 3.39. The zero-order valence-corrected chi connectivity index (χ0v) is 10.7. The van der Waals surface area contributed by atoms with Crippen molar-refractivity contribution in [3.8, 4) is 0 Å². The van der Waals surface area contributed by atoms with Crippen LogP contribution in [0.4, 0.5) is 0 Å². The SMILES string of the molecule is Cc1[c-]cccc1.I.[Zn]. The van der Waals surface area contributed by atoms with Gasteiger partial charge >= 0.3 is 0 Å². The van der Waals surface area contributed by atoms with E-state index in [1.165, 1.54) is 5.56 Å². The molecule has 0 amide bonds. The Bertz CT molecular complexity index is 139. The summed E-state index contributed by atoms with van der Waals surface area (Å²) in [4.78, 5) is 0. The van der Waals surface area contributed by atoms with E-state index in [0.717, 1.165) is 0 Å². The van der Waals surface area contributed by atoms with Gasteiger partial charge < -0.3 is 0 Å². The van der Waals surface area contributed by atoms with Crippen LogP contribution >= 0.6 is 24.0 Å². The Labute approximate surface area is 85.8 Å². The van der Waals surface area contributed by atoms with Crippen LogP contribution in [-0.2, 0) is 19.5 Å². The quantitative estimate of drug-likeness (QED) is 0.390. The van der Waals surface area contributed by atoms with Crippen molar-refractivity contribution in [1.29, 1.82) is 0 Å². The molecule has 46 valence electrons. The zero-order valence-electron chi connectivity index (χ0n) is 5.42. The normalized spacial score (nSPS) is 6.78. The third-order valence-corrected chi connectivity index (χ3v) is 0.865. The average Bonchev–Trinajstić information content (AvgIpc) is 1.69. The molecule has 0 aromatic heterocycles. The van der Waals surface area contributed by atoms with Gasteiger partial charge in [-0.25, -0.2) is 0 Å². The maximum atomic E-state index is 3.03. The molecule has 0 unspecified atom stereocenters. The molecular weight excluding hydrogens is 276 g/mol. The molecule has 9 heavy (non-hydrogen) atoms. The van der Waals surface area contributed by atoms with Crippen molar-refractivity contribution < 1.29 is 19.5 Å². The minimum absolute atomic E-state index is 0. The van der Waals surface area contributed by atoms with Gasteiger partial charge in [-0.3, -0.25) is 0 Å². The van der Waals surface area contributed by atoms with Gasteiger partial charge in [0.15, 0.2) is 0 Å². The fraction of sp³-hybridized carbons (Fsp3) is 0.143. The molecule has 0 heterocycles. The molecule has 0 spiro atoms. The Morgan fingerprint density at radius 3 is 2.22 bits per heavy atom. The summed E-state index contributed by atoms with van der Waals surface area (Å²) < 4.78 is 0. The van der Waals surface area contributed by atoms with Gasteiger partial charge in [-0.05, 0) is 0 Å². The third kappa shape index (κ3) is 5.04. The van der Waals surface area contributed by atoms with Crippen LogP contribution in [-0.4, -0.2) is 0 Å². The van der Waals surface area contributed by atoms with Gasteiger partial charge in [-0.1, -0.05) is 6.92 Å². The fourth-order valence-corrected chi connectivity index (χ4v) is 0.483. The van der Waals surface area contributed by atoms with E-state index in [2.05, 4.69) is 6.07 Å². The number of hydrogen-bond acceptors (Lipinski definition) is 0. The first-order valence-electron chi connectivity index (χ1n) is 2.33. The Morgan fingerprint density at radius 2 is 2.00 bits per heavy atom. The van der Waals surface area contributed by atoms with Crippen LogP contribution in [0.1, 0.15) is 5.56 Å². The minimum atomic E-state index is 0. The Kier molecular flexibility index (Phi) is 9.12. The summed E-state index contributed by atoms with van der Waals surface area (Å²) in [5.74, 6) is 0. The summed E-state index contributed by atoms with van der Waals surface area (Å²) in [5, 5.41) is 0. The van der Waals surface area contributed by atoms with Crippen molar-refractivity contribution in [3.63, 3.8) is 0 Å². The maximum absolute atomic E-state index is 3.03. The molecule has 1 aromatic rings. The molecule has 0 nitrogen and oxygen atoms in total. The number of hydrogen-bond donors (Lipinski definition) is 0. The summed E-state index contributed by atoms with van der Waals surface area (Å²) in [7, 11) is 0. The Morgan fingerprint density at radius 1 is 1.33 bits per heavy atom. The number of aryl methyl sites for hydroxylation is 1. The second-order valence-electron chi connectivity index (χ2n) is 1.55. The van der Waals surface area contributed by atoms with Crippen molar-refractivity contribution in [1.82, 2.24) is 0 Å². The summed E-state index contributed by atoms with van der Waals surface area (Å²) >= 11 is 0.